The molecule has 18 heavy (non-hydrogen) atoms. The van der Waals surface area contributed by atoms with Crippen LogP contribution in [0.2, 0.25) is 0 Å². The van der Waals surface area contributed by atoms with Gasteiger partial charge in [0.05, 0.1) is 7.11 Å². The van der Waals surface area contributed by atoms with Crippen molar-refractivity contribution in [2.45, 2.75) is 39.2 Å². The van der Waals surface area contributed by atoms with Crippen molar-refractivity contribution in [2.75, 3.05) is 14.2 Å². The summed E-state index contributed by atoms with van der Waals surface area (Å²) in [5.41, 5.74) is 1.33. The van der Waals surface area contributed by atoms with Crippen molar-refractivity contribution in [1.29, 1.82) is 0 Å². The quantitative estimate of drug-likeness (QED) is 0.820. The van der Waals surface area contributed by atoms with E-state index in [9.17, 15) is 0 Å². The zero-order chi connectivity index (χ0) is 13.5. The Balaban J connectivity index is 2.52. The van der Waals surface area contributed by atoms with Crippen LogP contribution < -0.4 is 10.1 Å². The van der Waals surface area contributed by atoms with Crippen molar-refractivity contribution >= 4 is 15.9 Å². The number of halogens is 1. The second-order valence-corrected chi connectivity index (χ2v) is 5.84. The minimum Gasteiger partial charge on any atom is -0.497 e. The van der Waals surface area contributed by atoms with Gasteiger partial charge in [-0.3, -0.25) is 0 Å². The Hall–Kier alpha value is -0.540. The fraction of sp³-hybridized carbons (Fsp3) is 0.600. The minimum atomic E-state index is 0.606. The van der Waals surface area contributed by atoms with E-state index in [1.807, 2.05) is 13.1 Å². The molecule has 0 bridgehead atoms. The summed E-state index contributed by atoms with van der Waals surface area (Å²) in [6.07, 6.45) is 3.48. The predicted octanol–water partition coefficient (Wildman–Crippen LogP) is 4.02. The lowest BCUT2D eigenvalue weighted by Crippen LogP contribution is -2.30. The third-order valence-corrected chi connectivity index (χ3v) is 4.16. The Bertz CT molecular complexity index is 366. The van der Waals surface area contributed by atoms with E-state index in [1.165, 1.54) is 22.9 Å². The lowest BCUT2D eigenvalue weighted by Gasteiger charge is -2.20. The van der Waals surface area contributed by atoms with Crippen LogP contribution in [0.25, 0.3) is 0 Å². The van der Waals surface area contributed by atoms with Crippen LogP contribution in [0.15, 0.2) is 22.7 Å². The normalized spacial score (nSPS) is 12.8. The van der Waals surface area contributed by atoms with Gasteiger partial charge in [0.2, 0.25) is 0 Å². The summed E-state index contributed by atoms with van der Waals surface area (Å²) < 4.78 is 6.44. The van der Waals surface area contributed by atoms with E-state index in [4.69, 9.17) is 4.74 Å². The van der Waals surface area contributed by atoms with Gasteiger partial charge in [0.15, 0.2) is 0 Å². The molecule has 0 amide bonds. The number of methoxy groups -OCH3 is 1. The van der Waals surface area contributed by atoms with E-state index in [1.54, 1.807) is 7.11 Å². The molecule has 1 atom stereocenters. The molecule has 0 aliphatic rings. The second-order valence-electron chi connectivity index (χ2n) is 4.99. The first-order chi connectivity index (χ1) is 8.58. The summed E-state index contributed by atoms with van der Waals surface area (Å²) in [6, 6.07) is 6.77. The van der Waals surface area contributed by atoms with Crippen molar-refractivity contribution in [1.82, 2.24) is 5.32 Å². The number of aryl methyl sites for hydroxylation is 1. The average Bonchev–Trinajstić information content (AvgIpc) is 2.36. The van der Waals surface area contributed by atoms with Crippen LogP contribution in [0, 0.1) is 5.92 Å². The standard InChI is InChI=1S/C15H24BrNO/c1-11(2)15(17-3)7-5-6-12-10-13(18-4)8-9-14(12)16/h8-11,15,17H,5-7H2,1-4H3. The monoisotopic (exact) mass is 313 g/mol. The number of ether oxygens (including phenoxy) is 1. The highest BCUT2D eigenvalue weighted by Gasteiger charge is 2.10. The molecule has 0 spiro atoms. The first-order valence-electron chi connectivity index (χ1n) is 6.58. The number of hydrogen-bond acceptors (Lipinski definition) is 2. The maximum atomic E-state index is 5.26. The van der Waals surface area contributed by atoms with Gasteiger partial charge in [0.1, 0.15) is 5.75 Å². The molecule has 0 saturated heterocycles. The first-order valence-corrected chi connectivity index (χ1v) is 7.37. The lowest BCUT2D eigenvalue weighted by molar-refractivity contribution is 0.393. The van der Waals surface area contributed by atoms with Crippen molar-refractivity contribution in [3.8, 4) is 5.75 Å². The van der Waals surface area contributed by atoms with Gasteiger partial charge in [-0.1, -0.05) is 29.8 Å². The van der Waals surface area contributed by atoms with Crippen LogP contribution >= 0.6 is 15.9 Å². The Morgan fingerprint density at radius 3 is 2.61 bits per heavy atom. The fourth-order valence-corrected chi connectivity index (χ4v) is 2.64. The molecule has 1 aromatic rings. The molecule has 0 aliphatic heterocycles. The summed E-state index contributed by atoms with van der Waals surface area (Å²) in [4.78, 5) is 0. The summed E-state index contributed by atoms with van der Waals surface area (Å²) >= 11 is 3.60. The zero-order valence-electron chi connectivity index (χ0n) is 11.8. The van der Waals surface area contributed by atoms with Gasteiger partial charge in [0, 0.05) is 10.5 Å². The molecule has 1 N–H and O–H groups in total. The topological polar surface area (TPSA) is 21.3 Å². The fourth-order valence-electron chi connectivity index (χ4n) is 2.19. The van der Waals surface area contributed by atoms with E-state index in [2.05, 4.69) is 47.2 Å². The largest absolute Gasteiger partial charge is 0.497 e. The third-order valence-electron chi connectivity index (χ3n) is 3.39. The lowest BCUT2D eigenvalue weighted by atomic mass is 9.97. The van der Waals surface area contributed by atoms with Gasteiger partial charge < -0.3 is 10.1 Å². The number of benzene rings is 1. The molecule has 1 rings (SSSR count). The maximum absolute atomic E-state index is 5.26. The van der Waals surface area contributed by atoms with Gasteiger partial charge >= 0.3 is 0 Å². The Kier molecular flexibility index (Phi) is 6.72. The van der Waals surface area contributed by atoms with Crippen molar-refractivity contribution in [3.05, 3.63) is 28.2 Å². The van der Waals surface area contributed by atoms with Crippen molar-refractivity contribution in [3.63, 3.8) is 0 Å². The molecule has 0 saturated carbocycles. The summed E-state index contributed by atoms with van der Waals surface area (Å²) in [5.74, 6) is 1.62. The van der Waals surface area contributed by atoms with Gasteiger partial charge in [-0.2, -0.15) is 0 Å². The number of nitrogens with one attached hydrogen (secondary N) is 1. The molecule has 1 aromatic carbocycles. The Morgan fingerprint density at radius 2 is 2.06 bits per heavy atom. The minimum absolute atomic E-state index is 0.606. The van der Waals surface area contributed by atoms with Crippen LogP contribution in [0.3, 0.4) is 0 Å². The van der Waals surface area contributed by atoms with Crippen LogP contribution in [0.5, 0.6) is 5.75 Å². The van der Waals surface area contributed by atoms with E-state index >= 15 is 0 Å². The average molecular weight is 314 g/mol. The summed E-state index contributed by atoms with van der Waals surface area (Å²) in [7, 11) is 3.76. The Labute approximate surface area is 119 Å². The third kappa shape index (κ3) is 4.62. The maximum Gasteiger partial charge on any atom is 0.119 e. The van der Waals surface area contributed by atoms with E-state index < -0.39 is 0 Å². The van der Waals surface area contributed by atoms with Crippen molar-refractivity contribution in [2.24, 2.45) is 5.92 Å². The van der Waals surface area contributed by atoms with Crippen LogP contribution in [-0.4, -0.2) is 20.2 Å². The summed E-state index contributed by atoms with van der Waals surface area (Å²) in [6.45, 7) is 4.53. The van der Waals surface area contributed by atoms with Crippen LogP contribution in [0.4, 0.5) is 0 Å². The van der Waals surface area contributed by atoms with E-state index in [0.717, 1.165) is 12.2 Å². The molecule has 102 valence electrons. The molecule has 3 heteroatoms. The van der Waals surface area contributed by atoms with Gasteiger partial charge in [-0.15, -0.1) is 0 Å². The van der Waals surface area contributed by atoms with Gasteiger partial charge in [-0.05, 0) is 56.0 Å². The zero-order valence-corrected chi connectivity index (χ0v) is 13.4. The molecule has 1 unspecified atom stereocenters. The van der Waals surface area contributed by atoms with E-state index in [0.29, 0.717) is 12.0 Å². The van der Waals surface area contributed by atoms with Gasteiger partial charge in [0.25, 0.3) is 0 Å². The Morgan fingerprint density at radius 1 is 1.33 bits per heavy atom. The first kappa shape index (κ1) is 15.5. The highest BCUT2D eigenvalue weighted by Crippen LogP contribution is 2.24. The molecular formula is C15H24BrNO. The van der Waals surface area contributed by atoms with Crippen LogP contribution in [-0.2, 0) is 6.42 Å². The number of hydrogen-bond donors (Lipinski definition) is 1. The molecule has 2 nitrogen and oxygen atoms in total. The molecule has 0 heterocycles. The SMILES string of the molecule is CNC(CCCc1cc(OC)ccc1Br)C(C)C. The van der Waals surface area contributed by atoms with Crippen LogP contribution in [0.1, 0.15) is 32.3 Å². The molecule has 0 radical (unpaired) electrons. The smallest absolute Gasteiger partial charge is 0.119 e. The summed E-state index contributed by atoms with van der Waals surface area (Å²) in [5, 5.41) is 3.39. The highest BCUT2D eigenvalue weighted by molar-refractivity contribution is 9.10. The molecule has 0 aromatic heterocycles. The molecule has 0 aliphatic carbocycles. The second kappa shape index (κ2) is 7.80. The molecule has 0 fully saturated rings. The molecular weight excluding hydrogens is 290 g/mol. The van der Waals surface area contributed by atoms with E-state index in [-0.39, 0.29) is 0 Å². The predicted molar refractivity (Wildman–Crippen MR) is 81.3 cm³/mol. The highest BCUT2D eigenvalue weighted by atomic mass is 79.9. The number of rotatable bonds is 7. The van der Waals surface area contributed by atoms with Crippen molar-refractivity contribution < 1.29 is 4.74 Å². The van der Waals surface area contributed by atoms with Gasteiger partial charge in [-0.25, -0.2) is 0 Å².